The van der Waals surface area contributed by atoms with Crippen LogP contribution in [0.4, 0.5) is 5.69 Å². The molecule has 1 aliphatic rings. The molecular formula is C25H28N2O4S. The van der Waals surface area contributed by atoms with E-state index in [2.05, 4.69) is 5.32 Å². The van der Waals surface area contributed by atoms with Gasteiger partial charge in [0, 0.05) is 6.54 Å². The van der Waals surface area contributed by atoms with Gasteiger partial charge in [0.1, 0.15) is 11.1 Å². The second-order valence-electron chi connectivity index (χ2n) is 7.57. The van der Waals surface area contributed by atoms with E-state index >= 15 is 0 Å². The van der Waals surface area contributed by atoms with Crippen LogP contribution in [0.5, 0.6) is 11.5 Å². The molecule has 1 heterocycles. The summed E-state index contributed by atoms with van der Waals surface area (Å²) in [4.78, 5) is 0.278. The molecule has 3 aromatic carbocycles. The van der Waals surface area contributed by atoms with Gasteiger partial charge in [0.2, 0.25) is 10.0 Å². The van der Waals surface area contributed by atoms with Crippen LogP contribution in [0.25, 0.3) is 0 Å². The zero-order valence-corrected chi connectivity index (χ0v) is 19.1. The highest BCUT2D eigenvalue weighted by Crippen LogP contribution is 2.41. The first-order valence-electron chi connectivity index (χ1n) is 10.9. The molecule has 7 heteroatoms. The van der Waals surface area contributed by atoms with Gasteiger partial charge in [-0.25, -0.2) is 8.42 Å². The molecule has 0 unspecified atom stereocenters. The Kier molecular flexibility index (Phi) is 6.67. The fraction of sp³-hybridized carbons (Fsp3) is 0.280. The number of nitrogens with one attached hydrogen (secondary N) is 1. The van der Waals surface area contributed by atoms with Crippen molar-refractivity contribution in [3.05, 3.63) is 83.9 Å². The number of hydrogen-bond donors (Lipinski definition) is 1. The molecular weight excluding hydrogens is 424 g/mol. The molecule has 0 amide bonds. The first kappa shape index (κ1) is 22.2. The predicted octanol–water partition coefficient (Wildman–Crippen LogP) is 5.19. The Hall–Kier alpha value is -3.03. The van der Waals surface area contributed by atoms with Gasteiger partial charge in [-0.2, -0.15) is 4.31 Å². The number of nitrogens with zero attached hydrogens (tertiary/aromatic N) is 1. The van der Waals surface area contributed by atoms with Crippen LogP contribution in [-0.2, 0) is 16.6 Å². The van der Waals surface area contributed by atoms with Crippen molar-refractivity contribution in [3.63, 3.8) is 0 Å². The van der Waals surface area contributed by atoms with E-state index in [4.69, 9.17) is 9.47 Å². The van der Waals surface area contributed by atoms with Gasteiger partial charge in [-0.15, -0.1) is 0 Å². The molecule has 0 aromatic heterocycles. The molecule has 0 saturated heterocycles. The molecule has 0 aliphatic carbocycles. The van der Waals surface area contributed by atoms with Gasteiger partial charge in [-0.3, -0.25) is 0 Å². The minimum atomic E-state index is -3.73. The average molecular weight is 453 g/mol. The molecule has 1 aliphatic heterocycles. The summed E-state index contributed by atoms with van der Waals surface area (Å²) in [5.74, 6) is 1.27. The van der Waals surface area contributed by atoms with E-state index in [-0.39, 0.29) is 11.4 Å². The van der Waals surface area contributed by atoms with Crippen molar-refractivity contribution < 1.29 is 17.9 Å². The maximum atomic E-state index is 13.6. The number of benzene rings is 3. The first-order chi connectivity index (χ1) is 15.5. The Morgan fingerprint density at radius 2 is 1.66 bits per heavy atom. The first-order valence-corrected chi connectivity index (χ1v) is 12.3. The highest BCUT2D eigenvalue weighted by atomic mass is 32.2. The molecule has 0 spiro atoms. The molecule has 3 aromatic rings. The van der Waals surface area contributed by atoms with Gasteiger partial charge in [0.25, 0.3) is 0 Å². The van der Waals surface area contributed by atoms with Crippen LogP contribution >= 0.6 is 0 Å². The van der Waals surface area contributed by atoms with Gasteiger partial charge < -0.3 is 14.8 Å². The number of sulfonamides is 1. The minimum Gasteiger partial charge on any atom is -0.490 e. The van der Waals surface area contributed by atoms with Crippen molar-refractivity contribution in [2.24, 2.45) is 0 Å². The third-order valence-corrected chi connectivity index (χ3v) is 7.15. The summed E-state index contributed by atoms with van der Waals surface area (Å²) in [6, 6.07) is 22.2. The SMILES string of the molecule is CCCOc1ccc([C@@H]2Nc3ccccc3S(=O)(=O)N2Cc2ccccc2)cc1OCC. The number of ether oxygens (including phenoxy) is 2. The van der Waals surface area contributed by atoms with Crippen molar-refractivity contribution in [2.75, 3.05) is 18.5 Å². The molecule has 0 saturated carbocycles. The lowest BCUT2D eigenvalue weighted by atomic mass is 10.1. The van der Waals surface area contributed by atoms with Crippen molar-refractivity contribution in [1.82, 2.24) is 4.31 Å². The van der Waals surface area contributed by atoms with E-state index in [0.717, 1.165) is 17.5 Å². The van der Waals surface area contributed by atoms with Crippen LogP contribution in [0.3, 0.4) is 0 Å². The Morgan fingerprint density at radius 1 is 0.906 bits per heavy atom. The van der Waals surface area contributed by atoms with E-state index in [0.29, 0.717) is 30.4 Å². The summed E-state index contributed by atoms with van der Waals surface area (Å²) in [6.07, 6.45) is 0.298. The van der Waals surface area contributed by atoms with E-state index in [9.17, 15) is 8.42 Å². The van der Waals surface area contributed by atoms with Crippen molar-refractivity contribution in [2.45, 2.75) is 37.9 Å². The Bertz CT molecular complexity index is 1170. The predicted molar refractivity (Wildman–Crippen MR) is 125 cm³/mol. The molecule has 32 heavy (non-hydrogen) atoms. The normalized spacial score (nSPS) is 17.2. The van der Waals surface area contributed by atoms with Crippen molar-refractivity contribution in [1.29, 1.82) is 0 Å². The summed E-state index contributed by atoms with van der Waals surface area (Å²) >= 11 is 0. The van der Waals surface area contributed by atoms with Crippen LogP contribution in [0, 0.1) is 0 Å². The van der Waals surface area contributed by atoms with Gasteiger partial charge in [-0.1, -0.05) is 55.5 Å². The lowest BCUT2D eigenvalue weighted by Gasteiger charge is -2.37. The number of rotatable bonds is 8. The van der Waals surface area contributed by atoms with Crippen LogP contribution in [0.2, 0.25) is 0 Å². The summed E-state index contributed by atoms with van der Waals surface area (Å²) < 4.78 is 40.4. The monoisotopic (exact) mass is 452 g/mol. The number of fused-ring (bicyclic) bond motifs is 1. The molecule has 1 atom stereocenters. The third-order valence-electron chi connectivity index (χ3n) is 5.28. The highest BCUT2D eigenvalue weighted by molar-refractivity contribution is 7.89. The second-order valence-corrected chi connectivity index (χ2v) is 9.43. The fourth-order valence-electron chi connectivity index (χ4n) is 3.78. The third kappa shape index (κ3) is 4.45. The maximum Gasteiger partial charge on any atom is 0.247 e. The van der Waals surface area contributed by atoms with Crippen LogP contribution < -0.4 is 14.8 Å². The van der Waals surface area contributed by atoms with Gasteiger partial charge >= 0.3 is 0 Å². The van der Waals surface area contributed by atoms with E-state index in [1.165, 1.54) is 4.31 Å². The van der Waals surface area contributed by atoms with Crippen LogP contribution in [0.1, 0.15) is 37.6 Å². The maximum absolute atomic E-state index is 13.6. The van der Waals surface area contributed by atoms with E-state index in [1.54, 1.807) is 18.2 Å². The molecule has 1 N–H and O–H groups in total. The van der Waals surface area contributed by atoms with Gasteiger partial charge in [-0.05, 0) is 48.7 Å². The smallest absolute Gasteiger partial charge is 0.247 e. The quantitative estimate of drug-likeness (QED) is 0.509. The Balaban J connectivity index is 1.79. The molecule has 0 bridgehead atoms. The average Bonchev–Trinajstić information content (AvgIpc) is 2.81. The number of hydrogen-bond acceptors (Lipinski definition) is 5. The molecule has 168 valence electrons. The highest BCUT2D eigenvalue weighted by Gasteiger charge is 2.39. The zero-order valence-electron chi connectivity index (χ0n) is 18.3. The van der Waals surface area contributed by atoms with Gasteiger partial charge in [0.15, 0.2) is 11.5 Å². The summed E-state index contributed by atoms with van der Waals surface area (Å²) in [5, 5.41) is 3.42. The van der Waals surface area contributed by atoms with E-state index in [1.807, 2.05) is 68.4 Å². The summed E-state index contributed by atoms with van der Waals surface area (Å²) in [5.41, 5.74) is 2.28. The standard InChI is InChI=1S/C25H28N2O4S/c1-3-16-31-22-15-14-20(17-23(22)30-4-2)25-26-21-12-8-9-13-24(21)32(28,29)27(25)18-19-10-6-5-7-11-19/h5-15,17,25-26H,3-4,16,18H2,1-2H3/t25-/m1/s1. The second kappa shape index (κ2) is 9.63. The Morgan fingerprint density at radius 3 is 2.41 bits per heavy atom. The van der Waals surface area contributed by atoms with Crippen LogP contribution in [0.15, 0.2) is 77.7 Å². The van der Waals surface area contributed by atoms with E-state index < -0.39 is 16.2 Å². The van der Waals surface area contributed by atoms with Crippen molar-refractivity contribution in [3.8, 4) is 11.5 Å². The fourth-order valence-corrected chi connectivity index (χ4v) is 5.46. The minimum absolute atomic E-state index is 0.243. The number of anilines is 1. The molecule has 0 fully saturated rings. The molecule has 6 nitrogen and oxygen atoms in total. The van der Waals surface area contributed by atoms with Gasteiger partial charge in [0.05, 0.1) is 18.9 Å². The zero-order chi connectivity index (χ0) is 22.6. The number of para-hydroxylation sites is 1. The summed E-state index contributed by atoms with van der Waals surface area (Å²) in [7, 11) is -3.73. The molecule has 0 radical (unpaired) electrons. The lowest BCUT2D eigenvalue weighted by molar-refractivity contribution is 0.275. The molecule has 4 rings (SSSR count). The lowest BCUT2D eigenvalue weighted by Crippen LogP contribution is -2.42. The van der Waals surface area contributed by atoms with Crippen molar-refractivity contribution >= 4 is 15.7 Å². The van der Waals surface area contributed by atoms with Crippen LogP contribution in [-0.4, -0.2) is 25.9 Å². The summed E-state index contributed by atoms with van der Waals surface area (Å²) in [6.45, 7) is 5.27. The Labute approximate surface area is 189 Å². The largest absolute Gasteiger partial charge is 0.490 e. The topological polar surface area (TPSA) is 67.9 Å².